The van der Waals surface area contributed by atoms with E-state index < -0.39 is 5.82 Å². The Morgan fingerprint density at radius 2 is 2.00 bits per heavy atom. The van der Waals surface area contributed by atoms with Gasteiger partial charge >= 0.3 is 0 Å². The van der Waals surface area contributed by atoms with E-state index in [1.807, 2.05) is 23.5 Å². The number of anilines is 2. The molecule has 0 saturated carbocycles. The molecule has 2 heterocycles. The Bertz CT molecular complexity index is 1660. The molecule has 0 aliphatic carbocycles. The molecule has 0 unspecified atom stereocenters. The second-order valence-corrected chi connectivity index (χ2v) is 9.74. The first-order valence-corrected chi connectivity index (χ1v) is 14.5. The first kappa shape index (κ1) is 32.2. The minimum atomic E-state index is -0.481. The molecular formula is C33H38FN7O3. The molecule has 6 N–H and O–H groups in total. The Balaban J connectivity index is 1.58. The highest BCUT2D eigenvalue weighted by atomic mass is 19.1. The van der Waals surface area contributed by atoms with Crippen LogP contribution >= 0.6 is 0 Å². The summed E-state index contributed by atoms with van der Waals surface area (Å²) < 4.78 is 28.3. The summed E-state index contributed by atoms with van der Waals surface area (Å²) in [5.74, 6) is 5.63. The van der Waals surface area contributed by atoms with Crippen molar-refractivity contribution >= 4 is 23.1 Å². The number of rotatable bonds is 15. The highest BCUT2D eigenvalue weighted by molar-refractivity contribution is 5.96. The lowest BCUT2D eigenvalue weighted by Gasteiger charge is -2.14. The van der Waals surface area contributed by atoms with Crippen LogP contribution in [0.4, 0.5) is 15.9 Å². The van der Waals surface area contributed by atoms with Gasteiger partial charge in [0.1, 0.15) is 13.2 Å². The molecule has 1 amide bonds. The van der Waals surface area contributed by atoms with Crippen LogP contribution in [0.25, 0.3) is 16.9 Å². The van der Waals surface area contributed by atoms with Gasteiger partial charge in [-0.1, -0.05) is 24.8 Å². The largest absolute Gasteiger partial charge is 0.478 e. The molecule has 0 bridgehead atoms. The van der Waals surface area contributed by atoms with Crippen LogP contribution < -0.4 is 26.8 Å². The third-order valence-corrected chi connectivity index (χ3v) is 6.78. The number of fused-ring (bicyclic) bond motifs is 1. The number of imidazole rings is 1. The fraction of sp³-hybridized carbons (Fsp3) is 0.303. The molecule has 4 aromatic rings. The van der Waals surface area contributed by atoms with E-state index in [2.05, 4.69) is 39.0 Å². The number of benzene rings is 2. The summed E-state index contributed by atoms with van der Waals surface area (Å²) in [6, 6.07) is 8.95. The Hall–Kier alpha value is -4.76. The van der Waals surface area contributed by atoms with E-state index in [-0.39, 0.29) is 31.3 Å². The first-order chi connectivity index (χ1) is 21.5. The maximum atomic E-state index is 15.7. The summed E-state index contributed by atoms with van der Waals surface area (Å²) in [5, 5.41) is 6.24. The fourth-order valence-corrected chi connectivity index (χ4v) is 4.65. The molecule has 0 aliphatic heterocycles. The summed E-state index contributed by atoms with van der Waals surface area (Å²) >= 11 is 0. The van der Waals surface area contributed by atoms with Crippen molar-refractivity contribution in [1.82, 2.24) is 19.7 Å². The van der Waals surface area contributed by atoms with Gasteiger partial charge in [0.2, 0.25) is 0 Å². The number of nitrogens with one attached hydrogen (secondary N) is 2. The first-order valence-electron chi connectivity index (χ1n) is 14.5. The predicted octanol–water partition coefficient (Wildman–Crippen LogP) is 4.01. The molecule has 230 valence electrons. The molecule has 2 aromatic carbocycles. The highest BCUT2D eigenvalue weighted by Crippen LogP contribution is 2.33. The lowest BCUT2D eigenvalue weighted by molar-refractivity contribution is 0.0952. The van der Waals surface area contributed by atoms with Gasteiger partial charge < -0.3 is 31.6 Å². The van der Waals surface area contributed by atoms with Crippen LogP contribution in [0.5, 0.6) is 5.75 Å². The van der Waals surface area contributed by atoms with E-state index in [9.17, 15) is 4.79 Å². The van der Waals surface area contributed by atoms with Crippen LogP contribution in [0.2, 0.25) is 0 Å². The Kier molecular flexibility index (Phi) is 11.8. The number of allylic oxidation sites excluding steroid dienone is 1. The summed E-state index contributed by atoms with van der Waals surface area (Å²) in [7, 11) is 0. The highest BCUT2D eigenvalue weighted by Gasteiger charge is 2.19. The van der Waals surface area contributed by atoms with Crippen molar-refractivity contribution in [2.45, 2.75) is 26.2 Å². The predicted molar refractivity (Wildman–Crippen MR) is 171 cm³/mol. The van der Waals surface area contributed by atoms with Crippen molar-refractivity contribution in [2.75, 3.05) is 44.8 Å². The number of carbonyl (C=O) groups is 1. The zero-order chi connectivity index (χ0) is 31.3. The number of carbonyl (C=O) groups excluding carboxylic acids is 1. The number of aryl methyl sites for hydroxylation is 1. The van der Waals surface area contributed by atoms with Crippen LogP contribution in [-0.4, -0.2) is 59.7 Å². The van der Waals surface area contributed by atoms with Crippen LogP contribution in [-0.2, 0) is 17.6 Å². The van der Waals surface area contributed by atoms with Crippen molar-refractivity contribution in [3.63, 3.8) is 0 Å². The number of aromatic nitrogens is 3. The Morgan fingerprint density at radius 3 is 2.77 bits per heavy atom. The third-order valence-electron chi connectivity index (χ3n) is 6.78. The van der Waals surface area contributed by atoms with Gasteiger partial charge in [-0.2, -0.15) is 0 Å². The summed E-state index contributed by atoms with van der Waals surface area (Å²) in [6.07, 6.45) is 8.43. The average Bonchev–Trinajstić information content (AvgIpc) is 3.47. The normalized spacial score (nSPS) is 10.7. The molecule has 4 rings (SSSR count). The zero-order valence-electron chi connectivity index (χ0n) is 24.9. The third kappa shape index (κ3) is 7.79. The minimum absolute atomic E-state index is 0.0196. The van der Waals surface area contributed by atoms with Crippen LogP contribution in [0.15, 0.2) is 61.6 Å². The summed E-state index contributed by atoms with van der Waals surface area (Å²) in [5.41, 5.74) is 15.5. The van der Waals surface area contributed by atoms with Gasteiger partial charge in [0, 0.05) is 47.9 Å². The van der Waals surface area contributed by atoms with Gasteiger partial charge in [-0.3, -0.25) is 9.20 Å². The maximum Gasteiger partial charge on any atom is 0.251 e. The van der Waals surface area contributed by atoms with Crippen molar-refractivity contribution in [3.05, 3.63) is 84.1 Å². The molecule has 10 nitrogen and oxygen atoms in total. The van der Waals surface area contributed by atoms with E-state index in [4.69, 9.17) is 20.9 Å². The lowest BCUT2D eigenvalue weighted by atomic mass is 10.0. The number of nitrogens with two attached hydrogens (primary N) is 2. The Labute approximate surface area is 256 Å². The summed E-state index contributed by atoms with van der Waals surface area (Å²) in [6.45, 7) is 7.96. The average molecular weight is 600 g/mol. The van der Waals surface area contributed by atoms with E-state index in [0.29, 0.717) is 66.5 Å². The number of ether oxygens (including phenoxy) is 2. The molecule has 0 fully saturated rings. The molecule has 11 heteroatoms. The van der Waals surface area contributed by atoms with Gasteiger partial charge in [-0.05, 0) is 61.7 Å². The van der Waals surface area contributed by atoms with E-state index in [1.54, 1.807) is 42.9 Å². The van der Waals surface area contributed by atoms with Gasteiger partial charge in [-0.15, -0.1) is 6.58 Å². The van der Waals surface area contributed by atoms with Crippen molar-refractivity contribution in [1.29, 1.82) is 0 Å². The molecule has 0 radical (unpaired) electrons. The van der Waals surface area contributed by atoms with Gasteiger partial charge in [0.05, 0.1) is 18.5 Å². The number of amides is 1. The second kappa shape index (κ2) is 16.2. The van der Waals surface area contributed by atoms with Gasteiger partial charge in [-0.25, -0.2) is 14.4 Å². The monoisotopic (exact) mass is 599 g/mol. The van der Waals surface area contributed by atoms with E-state index in [0.717, 1.165) is 17.7 Å². The summed E-state index contributed by atoms with van der Waals surface area (Å²) in [4.78, 5) is 21.8. The topological polar surface area (TPSA) is 142 Å². The molecule has 0 spiro atoms. The van der Waals surface area contributed by atoms with Gasteiger partial charge in [0.25, 0.3) is 5.91 Å². The van der Waals surface area contributed by atoms with E-state index in [1.165, 1.54) is 0 Å². The second-order valence-electron chi connectivity index (χ2n) is 9.74. The zero-order valence-corrected chi connectivity index (χ0v) is 24.9. The molecule has 2 aromatic heterocycles. The standard InChI is InChI=1S/C33H38FN7O3/c1-3-8-27-26(11-12-29(30(27)34)44-19-6-5-18-43-20-14-36)28-22-39-32-31(37-16-17-41(28)32)40-24-9-10-25(23(4-2)21-24)33(42)38-15-7-13-35/h3,9-12,16-17,21-22H,1,4,7-8,13-15,18-20,35-36H2,2H3,(H,37,40)(H,38,42). The fourth-order valence-electron chi connectivity index (χ4n) is 4.65. The van der Waals surface area contributed by atoms with E-state index >= 15 is 4.39 Å². The minimum Gasteiger partial charge on any atom is -0.478 e. The van der Waals surface area contributed by atoms with Crippen LogP contribution in [0, 0.1) is 17.7 Å². The molecular weight excluding hydrogens is 561 g/mol. The number of halogens is 1. The molecule has 0 atom stereocenters. The van der Waals surface area contributed by atoms with Crippen LogP contribution in [0.1, 0.15) is 34.8 Å². The van der Waals surface area contributed by atoms with Crippen molar-refractivity contribution in [3.8, 4) is 28.8 Å². The lowest BCUT2D eigenvalue weighted by Crippen LogP contribution is -2.26. The quantitative estimate of drug-likeness (QED) is 0.0913. The van der Waals surface area contributed by atoms with Crippen molar-refractivity contribution < 1.29 is 18.7 Å². The molecule has 0 saturated heterocycles. The van der Waals surface area contributed by atoms with Crippen LogP contribution in [0.3, 0.4) is 0 Å². The van der Waals surface area contributed by atoms with Crippen molar-refractivity contribution in [2.24, 2.45) is 11.5 Å². The maximum absolute atomic E-state index is 15.7. The molecule has 44 heavy (non-hydrogen) atoms. The van der Waals surface area contributed by atoms with Gasteiger partial charge in [0.15, 0.2) is 23.0 Å². The molecule has 0 aliphatic rings. The number of hydrogen-bond donors (Lipinski definition) is 4. The Morgan fingerprint density at radius 1 is 1.16 bits per heavy atom. The smallest absolute Gasteiger partial charge is 0.251 e. The SMILES string of the molecule is C=CCc1c(-c2cnc3c(Nc4ccc(C(=O)NCCCN)c(CC)c4)nccn23)ccc(OCC#CCOCCN)c1F. The number of nitrogens with zero attached hydrogens (tertiary/aromatic N) is 3. The number of hydrogen-bond acceptors (Lipinski definition) is 8.